The van der Waals surface area contributed by atoms with Crippen molar-refractivity contribution in [3.05, 3.63) is 57.8 Å². The van der Waals surface area contributed by atoms with Crippen molar-refractivity contribution in [2.75, 3.05) is 18.0 Å². The molecule has 5 heteroatoms. The van der Waals surface area contributed by atoms with E-state index in [1.54, 1.807) is 17.4 Å². The van der Waals surface area contributed by atoms with Crippen molar-refractivity contribution in [1.82, 2.24) is 5.32 Å². The van der Waals surface area contributed by atoms with E-state index >= 15 is 0 Å². The molecular weight excluding hydrogens is 318 g/mol. The summed E-state index contributed by atoms with van der Waals surface area (Å²) in [5.74, 6) is -0.348. The van der Waals surface area contributed by atoms with Gasteiger partial charge in [-0.25, -0.2) is 0 Å². The van der Waals surface area contributed by atoms with E-state index in [9.17, 15) is 10.1 Å². The normalized spacial score (nSPS) is 11.0. The Labute approximate surface area is 147 Å². The zero-order valence-electron chi connectivity index (χ0n) is 14.0. The molecule has 1 heterocycles. The lowest BCUT2D eigenvalue weighted by molar-refractivity contribution is -0.117. The van der Waals surface area contributed by atoms with E-state index in [-0.39, 0.29) is 11.5 Å². The molecule has 2 aromatic rings. The Morgan fingerprint density at radius 1 is 1.25 bits per heavy atom. The monoisotopic (exact) mass is 339 g/mol. The van der Waals surface area contributed by atoms with Crippen LogP contribution in [0.3, 0.4) is 0 Å². The van der Waals surface area contributed by atoms with Gasteiger partial charge in [-0.3, -0.25) is 4.79 Å². The van der Waals surface area contributed by atoms with Gasteiger partial charge in [-0.05, 0) is 49.1 Å². The van der Waals surface area contributed by atoms with Crippen LogP contribution < -0.4 is 10.2 Å². The third kappa shape index (κ3) is 4.71. The molecule has 0 aliphatic carbocycles. The summed E-state index contributed by atoms with van der Waals surface area (Å²) in [6, 6.07) is 13.7. The minimum absolute atomic E-state index is 0.113. The van der Waals surface area contributed by atoms with Gasteiger partial charge >= 0.3 is 0 Å². The number of nitriles is 1. The topological polar surface area (TPSA) is 56.1 Å². The average molecular weight is 339 g/mol. The molecule has 1 aromatic carbocycles. The van der Waals surface area contributed by atoms with Crippen molar-refractivity contribution in [3.8, 4) is 6.07 Å². The van der Waals surface area contributed by atoms with Crippen molar-refractivity contribution in [1.29, 1.82) is 5.26 Å². The van der Waals surface area contributed by atoms with Gasteiger partial charge < -0.3 is 10.2 Å². The summed E-state index contributed by atoms with van der Waals surface area (Å²) in [4.78, 5) is 15.4. The van der Waals surface area contributed by atoms with E-state index in [0.29, 0.717) is 6.54 Å². The molecule has 0 aliphatic rings. The van der Waals surface area contributed by atoms with E-state index in [1.807, 2.05) is 47.8 Å². The maximum absolute atomic E-state index is 12.1. The highest BCUT2D eigenvalue weighted by Gasteiger charge is 2.09. The molecule has 1 N–H and O–H groups in total. The molecule has 4 nitrogen and oxygen atoms in total. The van der Waals surface area contributed by atoms with Crippen molar-refractivity contribution in [2.45, 2.75) is 20.4 Å². The van der Waals surface area contributed by atoms with Crippen molar-refractivity contribution in [2.24, 2.45) is 0 Å². The van der Waals surface area contributed by atoms with Gasteiger partial charge in [-0.15, -0.1) is 11.3 Å². The lowest BCUT2D eigenvalue weighted by Gasteiger charge is -2.20. The first-order valence-electron chi connectivity index (χ1n) is 7.95. The van der Waals surface area contributed by atoms with Gasteiger partial charge in [0, 0.05) is 23.7 Å². The molecule has 0 unspecified atom stereocenters. The second-order valence-corrected chi connectivity index (χ2v) is 6.23. The summed E-state index contributed by atoms with van der Waals surface area (Å²) in [5.41, 5.74) is 2.09. The van der Waals surface area contributed by atoms with Crippen LogP contribution in [0, 0.1) is 11.3 Å². The Morgan fingerprint density at radius 3 is 2.50 bits per heavy atom. The van der Waals surface area contributed by atoms with Gasteiger partial charge in [0.05, 0.1) is 6.54 Å². The molecule has 124 valence electrons. The summed E-state index contributed by atoms with van der Waals surface area (Å²) in [6.45, 7) is 6.56. The molecule has 0 saturated heterocycles. The standard InChI is InChI=1S/C19H21N3OS/c1-3-22(4-2)17-9-7-15(8-10-17)12-16(13-20)19(23)21-14-18-6-5-11-24-18/h5-12H,3-4,14H2,1-2H3,(H,21,23)/b16-12+. The van der Waals surface area contributed by atoms with Crippen LogP contribution in [0.4, 0.5) is 5.69 Å². The van der Waals surface area contributed by atoms with Crippen molar-refractivity contribution < 1.29 is 4.79 Å². The van der Waals surface area contributed by atoms with Crippen molar-refractivity contribution in [3.63, 3.8) is 0 Å². The smallest absolute Gasteiger partial charge is 0.262 e. The molecule has 0 radical (unpaired) electrons. The van der Waals surface area contributed by atoms with Gasteiger partial charge in [0.2, 0.25) is 0 Å². The number of nitrogens with zero attached hydrogens (tertiary/aromatic N) is 2. The number of thiophene rings is 1. The number of anilines is 1. The Kier molecular flexibility index (Phi) is 6.59. The summed E-state index contributed by atoms with van der Waals surface area (Å²) in [5, 5.41) is 14.0. The second kappa shape index (κ2) is 8.90. The van der Waals surface area contributed by atoms with Gasteiger partial charge in [-0.1, -0.05) is 18.2 Å². The Hall–Kier alpha value is -2.58. The van der Waals surface area contributed by atoms with E-state index in [2.05, 4.69) is 24.1 Å². The Bertz CT molecular complexity index is 723. The van der Waals surface area contributed by atoms with Gasteiger partial charge in [0.25, 0.3) is 5.91 Å². The predicted octanol–water partition coefficient (Wildman–Crippen LogP) is 3.82. The zero-order valence-corrected chi connectivity index (χ0v) is 14.8. The largest absolute Gasteiger partial charge is 0.372 e. The number of benzene rings is 1. The summed E-state index contributed by atoms with van der Waals surface area (Å²) >= 11 is 1.57. The number of carbonyl (C=O) groups excluding carboxylic acids is 1. The number of carbonyl (C=O) groups is 1. The number of amides is 1. The second-order valence-electron chi connectivity index (χ2n) is 5.20. The highest BCUT2D eigenvalue weighted by molar-refractivity contribution is 7.09. The van der Waals surface area contributed by atoms with Crippen LogP contribution in [0.1, 0.15) is 24.3 Å². The fourth-order valence-electron chi connectivity index (χ4n) is 2.36. The lowest BCUT2D eigenvalue weighted by atomic mass is 10.1. The maximum atomic E-state index is 12.1. The van der Waals surface area contributed by atoms with Crippen molar-refractivity contribution >= 4 is 29.0 Å². The first-order valence-corrected chi connectivity index (χ1v) is 8.83. The number of hydrogen-bond acceptors (Lipinski definition) is 4. The molecule has 0 saturated carbocycles. The quantitative estimate of drug-likeness (QED) is 0.616. The highest BCUT2D eigenvalue weighted by Crippen LogP contribution is 2.17. The van der Waals surface area contributed by atoms with E-state index < -0.39 is 0 Å². The van der Waals surface area contributed by atoms with Crippen LogP contribution in [0.25, 0.3) is 6.08 Å². The Morgan fingerprint density at radius 2 is 1.96 bits per heavy atom. The van der Waals surface area contributed by atoms with Gasteiger partial charge in [0.1, 0.15) is 11.6 Å². The molecule has 0 bridgehead atoms. The molecule has 0 spiro atoms. The maximum Gasteiger partial charge on any atom is 0.262 e. The first-order chi connectivity index (χ1) is 11.7. The minimum atomic E-state index is -0.348. The van der Waals surface area contributed by atoms with Crippen LogP contribution >= 0.6 is 11.3 Å². The predicted molar refractivity (Wildman–Crippen MR) is 99.8 cm³/mol. The van der Waals surface area contributed by atoms with Crippen LogP contribution in [-0.2, 0) is 11.3 Å². The number of hydrogen-bond donors (Lipinski definition) is 1. The SMILES string of the molecule is CCN(CC)c1ccc(/C=C(\C#N)C(=O)NCc2cccs2)cc1. The molecule has 2 rings (SSSR count). The fraction of sp³-hybridized carbons (Fsp3) is 0.263. The average Bonchev–Trinajstić information content (AvgIpc) is 3.13. The van der Waals surface area contributed by atoms with Crippen LogP contribution in [0.15, 0.2) is 47.4 Å². The molecular formula is C19H21N3OS. The van der Waals surface area contributed by atoms with E-state index in [1.165, 1.54) is 0 Å². The minimum Gasteiger partial charge on any atom is -0.372 e. The molecule has 1 amide bonds. The summed E-state index contributed by atoms with van der Waals surface area (Å²) in [6.07, 6.45) is 1.62. The number of nitrogens with one attached hydrogen (secondary N) is 1. The zero-order chi connectivity index (χ0) is 17.4. The van der Waals surface area contributed by atoms with E-state index in [4.69, 9.17) is 0 Å². The van der Waals surface area contributed by atoms with Gasteiger partial charge in [-0.2, -0.15) is 5.26 Å². The third-order valence-corrected chi connectivity index (χ3v) is 4.58. The van der Waals surface area contributed by atoms with Crippen LogP contribution in [0.5, 0.6) is 0 Å². The molecule has 0 aliphatic heterocycles. The number of rotatable bonds is 7. The lowest BCUT2D eigenvalue weighted by Crippen LogP contribution is -2.23. The third-order valence-electron chi connectivity index (χ3n) is 3.70. The van der Waals surface area contributed by atoms with Gasteiger partial charge in [0.15, 0.2) is 0 Å². The van der Waals surface area contributed by atoms with E-state index in [0.717, 1.165) is 29.2 Å². The summed E-state index contributed by atoms with van der Waals surface area (Å²) < 4.78 is 0. The summed E-state index contributed by atoms with van der Waals surface area (Å²) in [7, 11) is 0. The Balaban J connectivity index is 2.06. The first kappa shape index (κ1) is 17.8. The molecule has 1 aromatic heterocycles. The molecule has 0 fully saturated rings. The highest BCUT2D eigenvalue weighted by atomic mass is 32.1. The fourth-order valence-corrected chi connectivity index (χ4v) is 3.01. The van der Waals surface area contributed by atoms with Crippen LogP contribution in [-0.4, -0.2) is 19.0 Å². The molecule has 24 heavy (non-hydrogen) atoms. The van der Waals surface area contributed by atoms with Crippen LogP contribution in [0.2, 0.25) is 0 Å². The molecule has 0 atom stereocenters.